The van der Waals surface area contributed by atoms with Crippen molar-refractivity contribution in [3.8, 4) is 5.75 Å². The van der Waals surface area contributed by atoms with Gasteiger partial charge in [-0.25, -0.2) is 8.42 Å². The summed E-state index contributed by atoms with van der Waals surface area (Å²) in [5.41, 5.74) is 0.401. The van der Waals surface area contributed by atoms with E-state index in [0.717, 1.165) is 45.1 Å². The lowest BCUT2D eigenvalue weighted by atomic mass is 10.0. The molecule has 2 saturated heterocycles. The molecule has 1 atom stereocenters. The van der Waals surface area contributed by atoms with E-state index in [1.54, 1.807) is 16.4 Å². The molecule has 1 aromatic carbocycles. The van der Waals surface area contributed by atoms with Crippen LogP contribution in [-0.2, 0) is 14.8 Å². The van der Waals surface area contributed by atoms with Crippen molar-refractivity contribution in [2.45, 2.75) is 62.8 Å². The van der Waals surface area contributed by atoms with Gasteiger partial charge >= 0.3 is 0 Å². The van der Waals surface area contributed by atoms with Gasteiger partial charge in [0, 0.05) is 19.1 Å². The summed E-state index contributed by atoms with van der Waals surface area (Å²) in [6, 6.07) is 5.08. The van der Waals surface area contributed by atoms with E-state index in [0.29, 0.717) is 37.1 Å². The Hall–Kier alpha value is -1.64. The van der Waals surface area contributed by atoms with Crippen molar-refractivity contribution in [3.63, 3.8) is 0 Å². The zero-order chi connectivity index (χ0) is 20.9. The summed E-state index contributed by atoms with van der Waals surface area (Å²) in [5.74, 6) is 0.307. The summed E-state index contributed by atoms with van der Waals surface area (Å²) in [6.07, 6.45) is 7.28. The number of carbonyl (C=O) groups excluding carboxylic acids is 1. The highest BCUT2D eigenvalue weighted by atomic mass is 32.2. The van der Waals surface area contributed by atoms with E-state index in [4.69, 9.17) is 4.74 Å². The number of benzene rings is 1. The molecule has 2 heterocycles. The molecule has 0 saturated carbocycles. The van der Waals surface area contributed by atoms with Crippen LogP contribution in [0, 0.1) is 0 Å². The second-order valence-electron chi connectivity index (χ2n) is 8.04. The first-order valence-corrected chi connectivity index (χ1v) is 12.1. The van der Waals surface area contributed by atoms with Gasteiger partial charge in [0.2, 0.25) is 15.9 Å². The van der Waals surface area contributed by atoms with Crippen molar-refractivity contribution in [2.75, 3.05) is 38.6 Å². The Balaban J connectivity index is 1.76. The molecule has 3 rings (SSSR count). The highest BCUT2D eigenvalue weighted by Crippen LogP contribution is 2.30. The molecule has 1 N–H and O–H groups in total. The Kier molecular flexibility index (Phi) is 7.54. The molecule has 0 aromatic heterocycles. The van der Waals surface area contributed by atoms with E-state index in [1.165, 1.54) is 19.6 Å². The van der Waals surface area contributed by atoms with Gasteiger partial charge < -0.3 is 10.1 Å². The third-order valence-electron chi connectivity index (χ3n) is 5.94. The Morgan fingerprint density at radius 1 is 1.10 bits per heavy atom. The lowest BCUT2D eigenvalue weighted by molar-refractivity contribution is -0.118. The molecule has 29 heavy (non-hydrogen) atoms. The van der Waals surface area contributed by atoms with E-state index in [2.05, 4.69) is 17.1 Å². The number of rotatable bonds is 6. The standard InChI is InChI=1S/C21H33N3O4S/c1-17-9-5-8-12-23(17)16-21(25)22-19-15-18(10-11-20(19)28-2)29(26,27)24-13-6-3-4-7-14-24/h10-11,15,17H,3-9,12-14,16H2,1-2H3,(H,22,25)/t17-/m1/s1. The minimum Gasteiger partial charge on any atom is -0.495 e. The molecule has 0 bridgehead atoms. The third kappa shape index (κ3) is 5.49. The highest BCUT2D eigenvalue weighted by molar-refractivity contribution is 7.89. The van der Waals surface area contributed by atoms with Gasteiger partial charge in [-0.15, -0.1) is 0 Å². The van der Waals surface area contributed by atoms with Gasteiger partial charge in [0.1, 0.15) is 5.75 Å². The highest BCUT2D eigenvalue weighted by Gasteiger charge is 2.27. The normalized spacial score (nSPS) is 22.1. The second kappa shape index (κ2) is 9.91. The first kappa shape index (κ1) is 22.1. The number of anilines is 1. The number of sulfonamides is 1. The number of carbonyl (C=O) groups is 1. The van der Waals surface area contributed by atoms with Gasteiger partial charge in [-0.3, -0.25) is 9.69 Å². The van der Waals surface area contributed by atoms with Crippen LogP contribution >= 0.6 is 0 Å². The van der Waals surface area contributed by atoms with Crippen molar-refractivity contribution in [2.24, 2.45) is 0 Å². The number of nitrogens with one attached hydrogen (secondary N) is 1. The van der Waals surface area contributed by atoms with E-state index in [9.17, 15) is 13.2 Å². The molecule has 2 aliphatic heterocycles. The number of nitrogens with zero attached hydrogens (tertiary/aromatic N) is 2. The van der Waals surface area contributed by atoms with E-state index in [1.807, 2.05) is 0 Å². The maximum atomic E-state index is 13.1. The Labute approximate surface area is 174 Å². The number of ether oxygens (including phenoxy) is 1. The van der Waals surface area contributed by atoms with Crippen molar-refractivity contribution in [1.82, 2.24) is 9.21 Å². The Morgan fingerprint density at radius 3 is 2.45 bits per heavy atom. The summed E-state index contributed by atoms with van der Waals surface area (Å²) < 4.78 is 33.1. The first-order chi connectivity index (χ1) is 13.9. The predicted octanol–water partition coefficient (Wildman–Crippen LogP) is 3.07. The average Bonchev–Trinajstić information content (AvgIpc) is 3.00. The molecular weight excluding hydrogens is 390 g/mol. The number of likely N-dealkylation sites (tertiary alicyclic amines) is 1. The molecule has 1 amide bonds. The van der Waals surface area contributed by atoms with E-state index in [-0.39, 0.29) is 10.8 Å². The second-order valence-corrected chi connectivity index (χ2v) is 9.98. The Bertz CT molecular complexity index is 804. The first-order valence-electron chi connectivity index (χ1n) is 10.6. The summed E-state index contributed by atoms with van der Waals surface area (Å²) in [7, 11) is -2.07. The van der Waals surface area contributed by atoms with Crippen LogP contribution in [-0.4, -0.2) is 62.9 Å². The topological polar surface area (TPSA) is 79.0 Å². The molecule has 0 radical (unpaired) electrons. The minimum atomic E-state index is -3.59. The number of amides is 1. The SMILES string of the molecule is COc1ccc(S(=O)(=O)N2CCCCCC2)cc1NC(=O)CN1CCCC[C@H]1C. The van der Waals surface area contributed by atoms with Gasteiger partial charge in [0.15, 0.2) is 0 Å². The molecule has 8 heteroatoms. The zero-order valence-electron chi connectivity index (χ0n) is 17.5. The van der Waals surface area contributed by atoms with Crippen LogP contribution in [0.3, 0.4) is 0 Å². The van der Waals surface area contributed by atoms with E-state index < -0.39 is 10.0 Å². The van der Waals surface area contributed by atoms with Gasteiger partial charge in [-0.05, 0) is 57.4 Å². The number of piperidine rings is 1. The lowest BCUT2D eigenvalue weighted by Crippen LogP contribution is -2.42. The summed E-state index contributed by atoms with van der Waals surface area (Å²) >= 11 is 0. The molecule has 2 fully saturated rings. The maximum absolute atomic E-state index is 13.1. The number of hydrogen-bond donors (Lipinski definition) is 1. The molecule has 0 aliphatic carbocycles. The smallest absolute Gasteiger partial charge is 0.243 e. The van der Waals surface area contributed by atoms with Gasteiger partial charge in [0.25, 0.3) is 0 Å². The van der Waals surface area contributed by atoms with Crippen LogP contribution in [0.4, 0.5) is 5.69 Å². The molecule has 162 valence electrons. The molecule has 2 aliphatic rings. The van der Waals surface area contributed by atoms with Crippen molar-refractivity contribution < 1.29 is 17.9 Å². The van der Waals surface area contributed by atoms with Crippen LogP contribution in [0.2, 0.25) is 0 Å². The monoisotopic (exact) mass is 423 g/mol. The van der Waals surface area contributed by atoms with Gasteiger partial charge in [-0.1, -0.05) is 19.3 Å². The maximum Gasteiger partial charge on any atom is 0.243 e. The molecule has 0 spiro atoms. The molecule has 0 unspecified atom stereocenters. The zero-order valence-corrected chi connectivity index (χ0v) is 18.3. The predicted molar refractivity (Wildman–Crippen MR) is 114 cm³/mol. The fourth-order valence-electron chi connectivity index (χ4n) is 4.14. The van der Waals surface area contributed by atoms with Crippen molar-refractivity contribution in [3.05, 3.63) is 18.2 Å². The lowest BCUT2D eigenvalue weighted by Gasteiger charge is -2.32. The van der Waals surface area contributed by atoms with Crippen LogP contribution < -0.4 is 10.1 Å². The quantitative estimate of drug-likeness (QED) is 0.761. The number of methoxy groups -OCH3 is 1. The van der Waals surface area contributed by atoms with E-state index >= 15 is 0 Å². The van der Waals surface area contributed by atoms with Gasteiger partial charge in [-0.2, -0.15) is 4.31 Å². The number of hydrogen-bond acceptors (Lipinski definition) is 5. The third-order valence-corrected chi connectivity index (χ3v) is 7.83. The Morgan fingerprint density at radius 2 is 1.79 bits per heavy atom. The van der Waals surface area contributed by atoms with Crippen LogP contribution in [0.5, 0.6) is 5.75 Å². The molecule has 7 nitrogen and oxygen atoms in total. The molecule has 1 aromatic rings. The largest absolute Gasteiger partial charge is 0.495 e. The van der Waals surface area contributed by atoms with Crippen LogP contribution in [0.1, 0.15) is 51.9 Å². The van der Waals surface area contributed by atoms with Crippen molar-refractivity contribution >= 4 is 21.6 Å². The average molecular weight is 424 g/mol. The van der Waals surface area contributed by atoms with Crippen LogP contribution in [0.25, 0.3) is 0 Å². The fourth-order valence-corrected chi connectivity index (χ4v) is 5.69. The van der Waals surface area contributed by atoms with Crippen LogP contribution in [0.15, 0.2) is 23.1 Å². The summed E-state index contributed by atoms with van der Waals surface area (Å²) in [4.78, 5) is 15.0. The minimum absolute atomic E-state index is 0.152. The van der Waals surface area contributed by atoms with Crippen molar-refractivity contribution in [1.29, 1.82) is 0 Å². The summed E-state index contributed by atoms with van der Waals surface area (Å²) in [6.45, 7) is 4.44. The summed E-state index contributed by atoms with van der Waals surface area (Å²) in [5, 5.41) is 2.87. The molecular formula is C21H33N3O4S. The van der Waals surface area contributed by atoms with Gasteiger partial charge in [0.05, 0.1) is 24.2 Å². The fraction of sp³-hybridized carbons (Fsp3) is 0.667.